The summed E-state index contributed by atoms with van der Waals surface area (Å²) in [5, 5.41) is 0. The predicted molar refractivity (Wildman–Crippen MR) is 237 cm³/mol. The lowest BCUT2D eigenvalue weighted by Crippen LogP contribution is -2.69. The van der Waals surface area contributed by atoms with Crippen LogP contribution in [-0.2, 0) is 0 Å². The normalized spacial score (nSPS) is 44.2. The van der Waals surface area contributed by atoms with Crippen LogP contribution >= 0.6 is 0 Å². The van der Waals surface area contributed by atoms with Crippen molar-refractivity contribution in [3.63, 3.8) is 0 Å². The maximum absolute atomic E-state index is 3.63. The van der Waals surface area contributed by atoms with E-state index in [4.69, 9.17) is 0 Å². The third-order valence-corrected chi connectivity index (χ3v) is 20.9. The van der Waals surface area contributed by atoms with Gasteiger partial charge in [-0.05, 0) is 136 Å². The molecule has 0 aliphatic heterocycles. The third-order valence-electron chi connectivity index (χ3n) is 20.9. The van der Waals surface area contributed by atoms with E-state index in [0.717, 1.165) is 95.4 Å². The summed E-state index contributed by atoms with van der Waals surface area (Å²) in [5.74, 6) is 10.3. The summed E-state index contributed by atoms with van der Waals surface area (Å²) in [5.41, 5.74) is 0. The second-order valence-electron chi connectivity index (χ2n) is 23.5. The van der Waals surface area contributed by atoms with Gasteiger partial charge in [0.15, 0.2) is 0 Å². The highest BCUT2D eigenvalue weighted by Crippen LogP contribution is 2.60. The third kappa shape index (κ3) is 8.17. The Morgan fingerprint density at radius 3 is 0.893 bits per heavy atom. The van der Waals surface area contributed by atoms with Gasteiger partial charge >= 0.3 is 0 Å². The molecule has 0 aromatic heterocycles. The van der Waals surface area contributed by atoms with Gasteiger partial charge in [0.05, 0.1) is 0 Å². The van der Waals surface area contributed by atoms with E-state index in [9.17, 15) is 0 Å². The Morgan fingerprint density at radius 2 is 0.500 bits per heavy atom. The summed E-state index contributed by atoms with van der Waals surface area (Å²) in [7, 11) is 0. The number of fused-ring (bicyclic) bond motifs is 3. The molecule has 12 atom stereocenters. The highest BCUT2D eigenvalue weighted by atomic mass is 15.3. The molecule has 0 radical (unpaired) electrons. The van der Waals surface area contributed by atoms with E-state index < -0.39 is 0 Å². The molecule has 12 unspecified atom stereocenters. The first kappa shape index (κ1) is 40.0. The molecular weight excluding hydrogens is 677 g/mol. The average molecular weight is 769 g/mol. The lowest BCUT2D eigenvalue weighted by atomic mass is 9.49. The van der Waals surface area contributed by atoms with Crippen molar-refractivity contribution in [3.05, 3.63) is 0 Å². The van der Waals surface area contributed by atoms with Crippen LogP contribution in [0.4, 0.5) is 0 Å². The van der Waals surface area contributed by atoms with Crippen molar-refractivity contribution in [1.82, 2.24) is 9.80 Å². The summed E-state index contributed by atoms with van der Waals surface area (Å²) >= 11 is 0. The number of hydrogen-bond donors (Lipinski definition) is 0. The largest absolute Gasteiger partial charge is 0.294 e. The molecule has 0 aromatic rings. The monoisotopic (exact) mass is 769 g/mol. The topological polar surface area (TPSA) is 6.48 Å². The molecule has 2 nitrogen and oxygen atoms in total. The summed E-state index contributed by atoms with van der Waals surface area (Å²) in [6.45, 7) is 0. The van der Waals surface area contributed by atoms with Crippen molar-refractivity contribution < 1.29 is 0 Å². The zero-order chi connectivity index (χ0) is 37.3. The summed E-state index contributed by atoms with van der Waals surface area (Å²) in [6, 6.07) is 5.52. The Labute approximate surface area is 348 Å². The van der Waals surface area contributed by atoms with Crippen LogP contribution in [-0.4, -0.2) is 46.1 Å². The van der Waals surface area contributed by atoms with Gasteiger partial charge in [-0.2, -0.15) is 0 Å². The van der Waals surface area contributed by atoms with Gasteiger partial charge in [0.25, 0.3) is 0 Å². The van der Waals surface area contributed by atoms with Crippen LogP contribution in [0.1, 0.15) is 244 Å². The van der Waals surface area contributed by atoms with Crippen LogP contribution in [0, 0.1) is 59.2 Å². The van der Waals surface area contributed by atoms with Gasteiger partial charge in [-0.15, -0.1) is 0 Å². The predicted octanol–water partition coefficient (Wildman–Crippen LogP) is 14.9. The Balaban J connectivity index is 1.07. The second-order valence-corrected chi connectivity index (χ2v) is 23.5. The van der Waals surface area contributed by atoms with Crippen molar-refractivity contribution in [2.24, 2.45) is 59.2 Å². The first-order chi connectivity index (χ1) is 27.8. The summed E-state index contributed by atoms with van der Waals surface area (Å²) < 4.78 is 0. The van der Waals surface area contributed by atoms with Crippen molar-refractivity contribution in [1.29, 1.82) is 0 Å². The summed E-state index contributed by atoms with van der Waals surface area (Å²) in [6.07, 6.45) is 59.3. The van der Waals surface area contributed by atoms with Gasteiger partial charge in [0, 0.05) is 36.3 Å². The van der Waals surface area contributed by atoms with Crippen LogP contribution in [0.15, 0.2) is 0 Å². The van der Waals surface area contributed by atoms with E-state index in [1.54, 1.807) is 193 Å². The standard InChI is InChI=1S/C54H92N2/c1-5-21-39(22-6-1)45-31-17-19-35-51(45)55(43-27-9-3-10-28-43)53-47-33-15-13-25-41(47)38-50-49(53)37-42-26-14-16-34-48(42)54(50)56(44-29-11-4-12-30-44)52-36-20-18-32-46(52)40-23-7-2-8-24-40/h39-54H,1-38H2. The molecular formula is C54H92N2. The highest BCUT2D eigenvalue weighted by molar-refractivity contribution is 5.12. The SMILES string of the molecule is C1CCC(C2CCCCC2N(C2CCCCC2)C2C3CCCCC3CC3C2CC2CCCCC2C3N(C2CCCCC2)C2CCCCC2C2CCCCC2)CC1. The van der Waals surface area contributed by atoms with Gasteiger partial charge in [-0.3, -0.25) is 9.80 Å². The van der Waals surface area contributed by atoms with E-state index in [1.165, 1.54) is 51.4 Å². The first-order valence-electron chi connectivity index (χ1n) is 27.4. The van der Waals surface area contributed by atoms with Crippen molar-refractivity contribution in [2.45, 2.75) is 280 Å². The molecule has 0 saturated heterocycles. The molecule has 10 saturated carbocycles. The number of nitrogens with zero attached hydrogens (tertiary/aromatic N) is 2. The average Bonchev–Trinajstić information content (AvgIpc) is 3.28. The van der Waals surface area contributed by atoms with Crippen molar-refractivity contribution >= 4 is 0 Å². The molecule has 318 valence electrons. The Hall–Kier alpha value is -0.0800. The van der Waals surface area contributed by atoms with Gasteiger partial charge in [0.2, 0.25) is 0 Å². The lowest BCUT2D eigenvalue weighted by molar-refractivity contribution is -0.164. The Bertz CT molecular complexity index is 1100. The fourth-order valence-electron chi connectivity index (χ4n) is 18.8. The molecule has 0 spiro atoms. The maximum atomic E-state index is 3.63. The second kappa shape index (κ2) is 18.9. The van der Waals surface area contributed by atoms with Gasteiger partial charge in [-0.1, -0.05) is 167 Å². The van der Waals surface area contributed by atoms with E-state index in [0.29, 0.717) is 0 Å². The van der Waals surface area contributed by atoms with Crippen LogP contribution < -0.4 is 0 Å². The van der Waals surface area contributed by atoms with E-state index >= 15 is 0 Å². The van der Waals surface area contributed by atoms with Gasteiger partial charge < -0.3 is 0 Å². The highest BCUT2D eigenvalue weighted by Gasteiger charge is 2.59. The molecule has 10 fully saturated rings. The van der Waals surface area contributed by atoms with Crippen molar-refractivity contribution in [3.8, 4) is 0 Å². The molecule has 0 bridgehead atoms. The van der Waals surface area contributed by atoms with Gasteiger partial charge in [0.1, 0.15) is 0 Å². The minimum absolute atomic E-state index is 0.912. The molecule has 0 heterocycles. The quantitative estimate of drug-likeness (QED) is 0.243. The first-order valence-corrected chi connectivity index (χ1v) is 27.4. The summed E-state index contributed by atoms with van der Waals surface area (Å²) in [4.78, 5) is 7.27. The van der Waals surface area contributed by atoms with E-state index in [-0.39, 0.29) is 0 Å². The molecule has 10 aliphatic carbocycles. The van der Waals surface area contributed by atoms with E-state index in [2.05, 4.69) is 9.80 Å². The Kier molecular flexibility index (Phi) is 13.5. The molecule has 0 amide bonds. The molecule has 0 aromatic carbocycles. The van der Waals surface area contributed by atoms with Crippen LogP contribution in [0.25, 0.3) is 0 Å². The number of rotatable bonds is 8. The smallest absolute Gasteiger partial charge is 0.0164 e. The minimum Gasteiger partial charge on any atom is -0.294 e. The van der Waals surface area contributed by atoms with Crippen molar-refractivity contribution in [2.75, 3.05) is 0 Å². The van der Waals surface area contributed by atoms with Crippen LogP contribution in [0.5, 0.6) is 0 Å². The molecule has 56 heavy (non-hydrogen) atoms. The van der Waals surface area contributed by atoms with E-state index in [1.807, 2.05) is 0 Å². The zero-order valence-electron chi connectivity index (χ0n) is 37.0. The van der Waals surface area contributed by atoms with Gasteiger partial charge in [-0.25, -0.2) is 0 Å². The molecule has 0 N–H and O–H groups in total. The fraction of sp³-hybridized carbons (Fsp3) is 1.00. The number of hydrogen-bond acceptors (Lipinski definition) is 2. The Morgan fingerprint density at radius 1 is 0.214 bits per heavy atom. The minimum atomic E-state index is 0.912. The molecule has 10 rings (SSSR count). The van der Waals surface area contributed by atoms with Crippen LogP contribution in [0.2, 0.25) is 0 Å². The molecule has 10 aliphatic rings. The zero-order valence-corrected chi connectivity index (χ0v) is 37.0. The molecule has 2 heteroatoms. The maximum Gasteiger partial charge on any atom is 0.0164 e. The fourth-order valence-corrected chi connectivity index (χ4v) is 18.8. The van der Waals surface area contributed by atoms with Crippen LogP contribution in [0.3, 0.4) is 0 Å². The lowest BCUT2D eigenvalue weighted by Gasteiger charge is -2.66.